The third-order valence-electron chi connectivity index (χ3n) is 3.30. The molecule has 0 fully saturated rings. The van der Waals surface area contributed by atoms with Crippen molar-refractivity contribution in [3.05, 3.63) is 41.5 Å². The second-order valence-corrected chi connectivity index (χ2v) is 4.49. The highest BCUT2D eigenvalue weighted by Crippen LogP contribution is 2.32. The van der Waals surface area contributed by atoms with Crippen molar-refractivity contribution in [3.8, 4) is 11.4 Å². The minimum atomic E-state index is -0.390. The van der Waals surface area contributed by atoms with Crippen molar-refractivity contribution in [2.45, 2.75) is 26.9 Å². The van der Waals surface area contributed by atoms with Gasteiger partial charge in [-0.15, -0.1) is 0 Å². The molecule has 2 aromatic rings. The Kier molecular flexibility index (Phi) is 3.18. The average Bonchev–Trinajstić information content (AvgIpc) is 2.86. The van der Waals surface area contributed by atoms with Gasteiger partial charge in [-0.2, -0.15) is 0 Å². The van der Waals surface area contributed by atoms with Crippen molar-refractivity contribution in [2.75, 3.05) is 6.61 Å². The molecule has 0 aliphatic carbocycles. The Morgan fingerprint density at radius 2 is 2.20 bits per heavy atom. The molecule has 2 heterocycles. The number of nitrogens with zero attached hydrogens (tertiary/aromatic N) is 2. The molecular weight excluding hydrogens is 256 g/mol. The van der Waals surface area contributed by atoms with Crippen LogP contribution < -0.4 is 4.74 Å². The summed E-state index contributed by atoms with van der Waals surface area (Å²) in [5, 5.41) is 0. The van der Waals surface area contributed by atoms with Gasteiger partial charge in [-0.3, -0.25) is 4.57 Å². The third-order valence-corrected chi connectivity index (χ3v) is 3.30. The Bertz CT molecular complexity index is 661. The van der Waals surface area contributed by atoms with E-state index in [1.807, 2.05) is 35.8 Å². The van der Waals surface area contributed by atoms with E-state index in [1.54, 1.807) is 6.92 Å². The van der Waals surface area contributed by atoms with Crippen LogP contribution in [0.4, 0.5) is 0 Å². The molecule has 0 saturated carbocycles. The summed E-state index contributed by atoms with van der Waals surface area (Å²) in [6.07, 6.45) is 0.737. The van der Waals surface area contributed by atoms with Gasteiger partial charge < -0.3 is 9.47 Å². The van der Waals surface area contributed by atoms with Gasteiger partial charge in [0.1, 0.15) is 18.2 Å². The monoisotopic (exact) mass is 272 g/mol. The molecule has 1 aromatic heterocycles. The number of hydrogen-bond acceptors (Lipinski definition) is 4. The van der Waals surface area contributed by atoms with E-state index in [0.717, 1.165) is 29.4 Å². The summed E-state index contributed by atoms with van der Waals surface area (Å²) in [6.45, 7) is 4.47. The summed E-state index contributed by atoms with van der Waals surface area (Å²) in [4.78, 5) is 16.4. The lowest BCUT2D eigenvalue weighted by molar-refractivity contribution is 0.0516. The normalized spacial score (nSPS) is 12.3. The molecule has 1 aliphatic heterocycles. The summed E-state index contributed by atoms with van der Waals surface area (Å²) >= 11 is 0. The van der Waals surface area contributed by atoms with Crippen LogP contribution >= 0.6 is 0 Å². The molecule has 1 aliphatic rings. The first kappa shape index (κ1) is 12.7. The zero-order valence-electron chi connectivity index (χ0n) is 11.5. The van der Waals surface area contributed by atoms with Gasteiger partial charge in [0.25, 0.3) is 0 Å². The molecule has 3 rings (SSSR count). The molecule has 0 bridgehead atoms. The number of aryl methyl sites for hydroxylation is 1. The number of carbonyl (C=O) groups excluding carboxylic acids is 1. The fourth-order valence-corrected chi connectivity index (χ4v) is 2.43. The number of rotatable bonds is 3. The van der Waals surface area contributed by atoms with Crippen LogP contribution in [0.5, 0.6) is 5.75 Å². The zero-order chi connectivity index (χ0) is 14.1. The highest BCUT2D eigenvalue weighted by atomic mass is 16.5. The number of esters is 1. The maximum atomic E-state index is 12.0. The van der Waals surface area contributed by atoms with Gasteiger partial charge in [0.05, 0.1) is 18.0 Å². The molecule has 0 N–H and O–H groups in total. The van der Waals surface area contributed by atoms with E-state index in [-0.39, 0.29) is 5.97 Å². The van der Waals surface area contributed by atoms with Gasteiger partial charge >= 0.3 is 5.97 Å². The molecule has 0 amide bonds. The van der Waals surface area contributed by atoms with Crippen molar-refractivity contribution < 1.29 is 14.3 Å². The summed E-state index contributed by atoms with van der Waals surface area (Å²) < 4.78 is 12.8. The molecule has 5 nitrogen and oxygen atoms in total. The minimum Gasteiger partial charge on any atom is -0.485 e. The first-order valence-corrected chi connectivity index (χ1v) is 6.76. The van der Waals surface area contributed by atoms with E-state index in [9.17, 15) is 4.79 Å². The Labute approximate surface area is 117 Å². The Balaban J connectivity index is 2.17. The Hall–Kier alpha value is -2.30. The second-order valence-electron chi connectivity index (χ2n) is 4.49. The Morgan fingerprint density at radius 1 is 1.40 bits per heavy atom. The van der Waals surface area contributed by atoms with E-state index in [1.165, 1.54) is 0 Å². The van der Waals surface area contributed by atoms with Crippen LogP contribution in [0.15, 0.2) is 24.3 Å². The number of carbonyl (C=O) groups is 1. The van der Waals surface area contributed by atoms with Crippen LogP contribution in [0.3, 0.4) is 0 Å². The largest absolute Gasteiger partial charge is 0.485 e. The van der Waals surface area contributed by atoms with Gasteiger partial charge in [0.2, 0.25) is 0 Å². The van der Waals surface area contributed by atoms with E-state index >= 15 is 0 Å². The lowest BCUT2D eigenvalue weighted by Crippen LogP contribution is -2.17. The molecule has 1 aromatic carbocycles. The molecule has 0 unspecified atom stereocenters. The highest BCUT2D eigenvalue weighted by molar-refractivity contribution is 5.89. The first-order chi connectivity index (χ1) is 9.76. The van der Waals surface area contributed by atoms with Crippen LogP contribution in [0.25, 0.3) is 5.69 Å². The molecule has 0 spiro atoms. The lowest BCUT2D eigenvalue weighted by Gasteiger charge is -2.21. The maximum absolute atomic E-state index is 12.0. The van der Waals surface area contributed by atoms with E-state index in [0.29, 0.717) is 18.9 Å². The Morgan fingerprint density at radius 3 is 2.95 bits per heavy atom. The van der Waals surface area contributed by atoms with Crippen molar-refractivity contribution in [1.29, 1.82) is 0 Å². The molecule has 5 heteroatoms. The summed E-state index contributed by atoms with van der Waals surface area (Å²) in [5.74, 6) is 1.26. The molecule has 0 saturated heterocycles. The van der Waals surface area contributed by atoms with Crippen LogP contribution in [0, 0.1) is 0 Å². The van der Waals surface area contributed by atoms with Crippen LogP contribution in [0.2, 0.25) is 0 Å². The highest BCUT2D eigenvalue weighted by Gasteiger charge is 2.28. The van der Waals surface area contributed by atoms with Gasteiger partial charge in [-0.1, -0.05) is 19.1 Å². The van der Waals surface area contributed by atoms with Crippen molar-refractivity contribution in [2.24, 2.45) is 0 Å². The summed E-state index contributed by atoms with van der Waals surface area (Å²) in [6, 6.07) is 7.76. The molecule has 104 valence electrons. The van der Waals surface area contributed by atoms with Crippen molar-refractivity contribution in [1.82, 2.24) is 9.55 Å². The summed E-state index contributed by atoms with van der Waals surface area (Å²) in [7, 11) is 0. The van der Waals surface area contributed by atoms with E-state index < -0.39 is 0 Å². The van der Waals surface area contributed by atoms with Gasteiger partial charge in [-0.25, -0.2) is 9.78 Å². The fourth-order valence-electron chi connectivity index (χ4n) is 2.43. The number of ether oxygens (including phenoxy) is 2. The molecule has 20 heavy (non-hydrogen) atoms. The number of imidazole rings is 1. The third kappa shape index (κ3) is 1.86. The fraction of sp³-hybridized carbons (Fsp3) is 0.333. The van der Waals surface area contributed by atoms with Gasteiger partial charge in [0, 0.05) is 6.42 Å². The number of hydrogen-bond donors (Lipinski definition) is 0. The van der Waals surface area contributed by atoms with Crippen LogP contribution in [0.1, 0.15) is 35.9 Å². The predicted molar refractivity (Wildman–Crippen MR) is 73.2 cm³/mol. The van der Waals surface area contributed by atoms with Gasteiger partial charge in [-0.05, 0) is 19.1 Å². The first-order valence-electron chi connectivity index (χ1n) is 6.76. The van der Waals surface area contributed by atoms with E-state index in [4.69, 9.17) is 9.47 Å². The zero-order valence-corrected chi connectivity index (χ0v) is 11.5. The molecule has 0 radical (unpaired) electrons. The average molecular weight is 272 g/mol. The lowest BCUT2D eigenvalue weighted by atomic mass is 10.2. The van der Waals surface area contributed by atoms with Crippen molar-refractivity contribution in [3.63, 3.8) is 0 Å². The second kappa shape index (κ2) is 5.00. The number of para-hydroxylation sites is 2. The van der Waals surface area contributed by atoms with Crippen molar-refractivity contribution >= 4 is 5.97 Å². The van der Waals surface area contributed by atoms with Crippen LogP contribution in [-0.4, -0.2) is 22.1 Å². The number of benzene rings is 1. The SMILES string of the molecule is CCOC(=O)c1nc(CC)n2c1COc1ccccc1-2. The van der Waals surface area contributed by atoms with E-state index in [2.05, 4.69) is 4.98 Å². The van der Waals surface area contributed by atoms with Crippen LogP contribution in [-0.2, 0) is 17.8 Å². The quantitative estimate of drug-likeness (QED) is 0.806. The maximum Gasteiger partial charge on any atom is 0.358 e. The predicted octanol–water partition coefficient (Wildman–Crippen LogP) is 2.50. The molecular formula is C15H16N2O3. The standard InChI is InChI=1S/C15H16N2O3/c1-3-13-16-14(15(18)19-4-2)11-9-20-12-8-6-5-7-10(12)17(11)13/h5-8H,3-4,9H2,1-2H3. The number of fused-ring (bicyclic) bond motifs is 3. The smallest absolute Gasteiger partial charge is 0.358 e. The number of aromatic nitrogens is 2. The topological polar surface area (TPSA) is 53.3 Å². The molecule has 0 atom stereocenters. The van der Waals surface area contributed by atoms with Gasteiger partial charge in [0.15, 0.2) is 5.69 Å². The summed E-state index contributed by atoms with van der Waals surface area (Å²) in [5.41, 5.74) is 2.05. The minimum absolute atomic E-state index is 0.332.